The molecule has 0 bridgehead atoms. The number of aromatic nitrogens is 2. The van der Waals surface area contributed by atoms with E-state index in [1.807, 2.05) is 12.3 Å². The van der Waals surface area contributed by atoms with Crippen molar-refractivity contribution in [3.05, 3.63) is 70.2 Å². The summed E-state index contributed by atoms with van der Waals surface area (Å²) in [5.74, 6) is -0.565. The first-order valence-corrected chi connectivity index (χ1v) is 13.5. The van der Waals surface area contributed by atoms with E-state index in [4.69, 9.17) is 11.6 Å². The van der Waals surface area contributed by atoms with Crippen LogP contribution < -0.4 is 21.6 Å². The molecule has 2 aromatic heterocycles. The molecule has 2 aliphatic rings. The van der Waals surface area contributed by atoms with Gasteiger partial charge in [-0.15, -0.1) is 5.53 Å². The van der Waals surface area contributed by atoms with Crippen LogP contribution in [0.4, 0.5) is 15.8 Å². The van der Waals surface area contributed by atoms with Crippen LogP contribution >= 0.6 is 11.6 Å². The molecular weight excluding hydrogens is 529 g/mol. The van der Waals surface area contributed by atoms with E-state index in [0.29, 0.717) is 45.1 Å². The van der Waals surface area contributed by atoms with Gasteiger partial charge in [0.05, 0.1) is 39.6 Å². The number of anilines is 2. The zero-order valence-corrected chi connectivity index (χ0v) is 23.6. The minimum atomic E-state index is -0.616. The van der Waals surface area contributed by atoms with Crippen molar-refractivity contribution in [2.24, 2.45) is 5.41 Å². The second kappa shape index (κ2) is 10.5. The average Bonchev–Trinajstić information content (AvgIpc) is 3.35. The number of halogens is 2. The maximum atomic E-state index is 14.0. The van der Waals surface area contributed by atoms with Crippen LogP contribution in [0.2, 0.25) is 5.02 Å². The molecular formula is C29H31ClFN9. The molecule has 0 amide bonds. The predicted octanol–water partition coefficient (Wildman–Crippen LogP) is 5.83. The molecule has 1 aliphatic carbocycles. The second-order valence-electron chi connectivity index (χ2n) is 11.5. The lowest BCUT2D eigenvalue weighted by Gasteiger charge is -2.41. The maximum absolute atomic E-state index is 14.0. The van der Waals surface area contributed by atoms with Gasteiger partial charge in [0.1, 0.15) is 11.6 Å². The highest BCUT2D eigenvalue weighted by molar-refractivity contribution is 6.35. The van der Waals surface area contributed by atoms with E-state index in [2.05, 4.69) is 64.5 Å². The Morgan fingerprint density at radius 3 is 2.65 bits per heavy atom. The van der Waals surface area contributed by atoms with Crippen LogP contribution in [0, 0.1) is 40.9 Å². The summed E-state index contributed by atoms with van der Waals surface area (Å²) in [6.07, 6.45) is 5.91. The van der Waals surface area contributed by atoms with Gasteiger partial charge in [-0.1, -0.05) is 38.4 Å². The third kappa shape index (κ3) is 5.21. The summed E-state index contributed by atoms with van der Waals surface area (Å²) in [6, 6.07) is 10.9. The maximum Gasteiger partial charge on any atom is 0.213 e. The van der Waals surface area contributed by atoms with Crippen molar-refractivity contribution < 1.29 is 4.39 Å². The molecule has 5 rings (SSSR count). The molecule has 1 saturated carbocycles. The molecule has 3 aromatic rings. The Morgan fingerprint density at radius 1 is 1.25 bits per heavy atom. The summed E-state index contributed by atoms with van der Waals surface area (Å²) in [4.78, 5) is 8.49. The molecule has 206 valence electrons. The monoisotopic (exact) mass is 559 g/mol. The predicted molar refractivity (Wildman–Crippen MR) is 153 cm³/mol. The summed E-state index contributed by atoms with van der Waals surface area (Å²) in [5.41, 5.74) is 9.98. The van der Waals surface area contributed by atoms with Gasteiger partial charge >= 0.3 is 0 Å². The van der Waals surface area contributed by atoms with E-state index in [1.165, 1.54) is 12.3 Å². The first-order chi connectivity index (χ1) is 19.0. The second-order valence-corrected chi connectivity index (χ2v) is 11.9. The fourth-order valence-corrected chi connectivity index (χ4v) is 5.20. The van der Waals surface area contributed by atoms with E-state index < -0.39 is 17.5 Å². The highest BCUT2D eigenvalue weighted by Crippen LogP contribution is 2.40. The average molecular weight is 560 g/mol. The fraction of sp³-hybridized carbons (Fsp3) is 0.379. The molecule has 9 nitrogen and oxygen atoms in total. The quantitative estimate of drug-likeness (QED) is 0.265. The largest absolute Gasteiger partial charge is 0.383 e. The van der Waals surface area contributed by atoms with E-state index >= 15 is 0 Å². The van der Waals surface area contributed by atoms with Crippen molar-refractivity contribution in [2.45, 2.75) is 58.5 Å². The highest BCUT2D eigenvalue weighted by atomic mass is 35.5. The number of fused-ring (bicyclic) bond motifs is 1. The standard InChI is InChI=1S/C29H31ClFN9/c1-17-20(6-7-24(31)36-17)27(23-14-40(39-38-23)29(15-33)8-5-9-29)37-19-10-21-25(35-16-28(2,3)4)18(12-32)13-34-26(21)22(30)11-19/h6-7,10-11,13-14,27,37-39H,5,8-9,16H2,1-4H3,(H,34,35)/t27-/m0/s1. The summed E-state index contributed by atoms with van der Waals surface area (Å²) in [6.45, 7) is 8.72. The summed E-state index contributed by atoms with van der Waals surface area (Å²) in [5, 5.41) is 29.5. The normalized spacial score (nSPS) is 16.8. The van der Waals surface area contributed by atoms with Gasteiger partial charge in [0.2, 0.25) is 5.95 Å². The number of rotatable bonds is 7. The van der Waals surface area contributed by atoms with Crippen LogP contribution in [0.15, 0.2) is 42.4 Å². The molecule has 1 fully saturated rings. The topological polar surface area (TPSA) is 125 Å². The van der Waals surface area contributed by atoms with Crippen molar-refractivity contribution in [3.8, 4) is 12.1 Å². The highest BCUT2D eigenvalue weighted by Gasteiger charge is 2.44. The van der Waals surface area contributed by atoms with Gasteiger partial charge in [-0.05, 0) is 49.8 Å². The van der Waals surface area contributed by atoms with Gasteiger partial charge in [-0.3, -0.25) is 9.99 Å². The molecule has 4 N–H and O–H groups in total. The summed E-state index contributed by atoms with van der Waals surface area (Å²) < 4.78 is 14.0. The lowest BCUT2D eigenvalue weighted by Crippen LogP contribution is -2.56. The van der Waals surface area contributed by atoms with E-state index in [0.717, 1.165) is 30.5 Å². The van der Waals surface area contributed by atoms with Crippen LogP contribution in [0.25, 0.3) is 10.9 Å². The molecule has 0 unspecified atom stereocenters. The molecule has 0 radical (unpaired) electrons. The first kappa shape index (κ1) is 27.4. The molecule has 3 heterocycles. The lowest BCUT2D eigenvalue weighted by molar-refractivity contribution is 0.0668. The van der Waals surface area contributed by atoms with E-state index in [1.54, 1.807) is 24.1 Å². The molecule has 0 spiro atoms. The third-order valence-electron chi connectivity index (χ3n) is 7.31. The van der Waals surface area contributed by atoms with Crippen LogP contribution in [0.1, 0.15) is 62.9 Å². The Balaban J connectivity index is 1.58. The van der Waals surface area contributed by atoms with Gasteiger partial charge in [0, 0.05) is 41.3 Å². The minimum Gasteiger partial charge on any atom is -0.383 e. The van der Waals surface area contributed by atoms with Crippen molar-refractivity contribution >= 4 is 33.9 Å². The van der Waals surface area contributed by atoms with Crippen molar-refractivity contribution in [2.75, 3.05) is 17.2 Å². The molecule has 0 saturated heterocycles. The number of hydrazine groups is 2. The first-order valence-electron chi connectivity index (χ1n) is 13.1. The van der Waals surface area contributed by atoms with Gasteiger partial charge < -0.3 is 16.1 Å². The number of aryl methyl sites for hydroxylation is 1. The number of hydrogen-bond acceptors (Lipinski definition) is 9. The zero-order chi connectivity index (χ0) is 28.7. The Bertz CT molecular complexity index is 1580. The van der Waals surface area contributed by atoms with Crippen LogP contribution in [0.3, 0.4) is 0 Å². The SMILES string of the molecule is Cc1nc(F)ccc1[C@H](Nc1cc(Cl)c2ncc(C#N)c(NCC(C)(C)C)c2c1)C1=CN(C2(C#N)CCC2)NN1. The minimum absolute atomic E-state index is 0.0269. The van der Waals surface area contributed by atoms with Gasteiger partial charge in [-0.25, -0.2) is 4.98 Å². The number of hydrogen-bond donors (Lipinski definition) is 4. The van der Waals surface area contributed by atoms with E-state index in [9.17, 15) is 14.9 Å². The smallest absolute Gasteiger partial charge is 0.213 e. The van der Waals surface area contributed by atoms with E-state index in [-0.39, 0.29) is 5.41 Å². The summed E-state index contributed by atoms with van der Waals surface area (Å²) >= 11 is 6.73. The van der Waals surface area contributed by atoms with Crippen LogP contribution in [0.5, 0.6) is 0 Å². The molecule has 1 atom stereocenters. The van der Waals surface area contributed by atoms with Crippen LogP contribution in [-0.2, 0) is 0 Å². The Morgan fingerprint density at radius 2 is 2.02 bits per heavy atom. The Hall–Kier alpha value is -4.12. The summed E-state index contributed by atoms with van der Waals surface area (Å²) in [7, 11) is 0. The van der Waals surface area contributed by atoms with Gasteiger partial charge in [-0.2, -0.15) is 14.9 Å². The zero-order valence-electron chi connectivity index (χ0n) is 22.9. The van der Waals surface area contributed by atoms with Crippen molar-refractivity contribution in [1.82, 2.24) is 25.9 Å². The number of nitrogens with one attached hydrogen (secondary N) is 4. The lowest BCUT2D eigenvalue weighted by atomic mass is 9.77. The Kier molecular flexibility index (Phi) is 7.17. The Labute approximate surface area is 238 Å². The van der Waals surface area contributed by atoms with Crippen molar-refractivity contribution in [1.29, 1.82) is 10.5 Å². The fourth-order valence-electron chi connectivity index (χ4n) is 4.93. The molecule has 1 aliphatic heterocycles. The third-order valence-corrected chi connectivity index (χ3v) is 7.59. The van der Waals surface area contributed by atoms with Crippen molar-refractivity contribution in [3.63, 3.8) is 0 Å². The molecule has 40 heavy (non-hydrogen) atoms. The van der Waals surface area contributed by atoms with Crippen LogP contribution in [-0.4, -0.2) is 27.1 Å². The number of pyridine rings is 2. The van der Waals surface area contributed by atoms with Gasteiger partial charge in [0.15, 0.2) is 0 Å². The molecule has 1 aromatic carbocycles. The number of nitriles is 2. The molecule has 11 heteroatoms. The number of benzene rings is 1. The number of nitrogens with zero attached hydrogens (tertiary/aromatic N) is 5. The van der Waals surface area contributed by atoms with Gasteiger partial charge in [0.25, 0.3) is 0 Å².